The van der Waals surface area contributed by atoms with E-state index < -0.39 is 37.5 Å². The summed E-state index contributed by atoms with van der Waals surface area (Å²) in [5, 5.41) is 4.79. The van der Waals surface area contributed by atoms with E-state index in [1.54, 1.807) is 12.1 Å². The number of ether oxygens (including phenoxy) is 3. The monoisotopic (exact) mass is 408 g/mol. The van der Waals surface area contributed by atoms with E-state index in [0.717, 1.165) is 0 Å². The molecule has 0 spiro atoms. The lowest BCUT2D eigenvalue weighted by Gasteiger charge is -2.09. The van der Waals surface area contributed by atoms with E-state index in [1.807, 2.05) is 0 Å². The third-order valence-electron chi connectivity index (χ3n) is 3.47. The number of carbonyl (C=O) groups excluding carboxylic acids is 3. The van der Waals surface area contributed by atoms with Gasteiger partial charge in [0.15, 0.2) is 6.61 Å². The molecule has 8 nitrogen and oxygen atoms in total. The first-order valence-corrected chi connectivity index (χ1v) is 8.30. The van der Waals surface area contributed by atoms with Gasteiger partial charge in [-0.1, -0.05) is 0 Å². The van der Waals surface area contributed by atoms with E-state index in [-0.39, 0.29) is 5.75 Å². The molecule has 2 amide bonds. The van der Waals surface area contributed by atoms with Crippen LogP contribution in [0.15, 0.2) is 48.5 Å². The van der Waals surface area contributed by atoms with Gasteiger partial charge in [0.05, 0.1) is 7.11 Å². The summed E-state index contributed by atoms with van der Waals surface area (Å²) >= 11 is 0. The highest BCUT2D eigenvalue weighted by molar-refractivity contribution is 5.96. The van der Waals surface area contributed by atoms with E-state index >= 15 is 0 Å². The molecule has 29 heavy (non-hydrogen) atoms. The van der Waals surface area contributed by atoms with Crippen molar-refractivity contribution in [3.8, 4) is 11.5 Å². The first kappa shape index (κ1) is 21.6. The van der Waals surface area contributed by atoms with Crippen LogP contribution in [0.5, 0.6) is 11.5 Å². The molecular formula is C19H18F2N2O6. The molecule has 0 heterocycles. The van der Waals surface area contributed by atoms with Crippen molar-refractivity contribution in [1.29, 1.82) is 0 Å². The van der Waals surface area contributed by atoms with Gasteiger partial charge in [-0.05, 0) is 48.5 Å². The third-order valence-corrected chi connectivity index (χ3v) is 3.47. The van der Waals surface area contributed by atoms with Crippen LogP contribution in [0.2, 0.25) is 0 Å². The fraction of sp³-hybridized carbons (Fsp3) is 0.211. The highest BCUT2D eigenvalue weighted by Gasteiger charge is 2.11. The van der Waals surface area contributed by atoms with E-state index in [0.29, 0.717) is 17.0 Å². The van der Waals surface area contributed by atoms with Crippen LogP contribution in [0, 0.1) is 0 Å². The summed E-state index contributed by atoms with van der Waals surface area (Å²) in [7, 11) is 1.50. The van der Waals surface area contributed by atoms with Crippen molar-refractivity contribution in [2.45, 2.75) is 6.61 Å². The van der Waals surface area contributed by atoms with Gasteiger partial charge < -0.3 is 24.8 Å². The van der Waals surface area contributed by atoms with Gasteiger partial charge in [-0.3, -0.25) is 14.4 Å². The summed E-state index contributed by atoms with van der Waals surface area (Å²) in [5.74, 6) is -1.40. The zero-order valence-electron chi connectivity index (χ0n) is 15.3. The maximum absolute atomic E-state index is 12.1. The lowest BCUT2D eigenvalue weighted by Crippen LogP contribution is -2.32. The molecule has 0 saturated heterocycles. The average Bonchev–Trinajstić information content (AvgIpc) is 2.71. The molecule has 0 atom stereocenters. The second-order valence-corrected chi connectivity index (χ2v) is 5.52. The van der Waals surface area contributed by atoms with Crippen LogP contribution < -0.4 is 20.1 Å². The Balaban J connectivity index is 1.71. The Labute approximate surface area is 164 Å². The topological polar surface area (TPSA) is 103 Å². The number of rotatable bonds is 9. The minimum Gasteiger partial charge on any atom is -0.497 e. The maximum Gasteiger partial charge on any atom is 0.387 e. The molecule has 2 aromatic rings. The number of halogens is 2. The standard InChI is InChI=1S/C19H18F2N2O6/c1-27-14-6-2-12(3-7-14)18(26)22-10-17(25)28-11-16(24)23-13-4-8-15(9-5-13)29-19(20)21/h2-9,19H,10-11H2,1H3,(H,22,26)(H,23,24). The number of methoxy groups -OCH3 is 1. The van der Waals surface area contributed by atoms with Gasteiger partial charge in [0.2, 0.25) is 0 Å². The minimum absolute atomic E-state index is 0.0583. The molecule has 0 radical (unpaired) electrons. The van der Waals surface area contributed by atoms with Gasteiger partial charge >= 0.3 is 12.6 Å². The Bertz CT molecular complexity index is 841. The van der Waals surface area contributed by atoms with Gasteiger partial charge in [0.1, 0.15) is 18.0 Å². The Morgan fingerprint density at radius 1 is 0.966 bits per heavy atom. The van der Waals surface area contributed by atoms with Crippen LogP contribution in [0.4, 0.5) is 14.5 Å². The number of benzene rings is 2. The summed E-state index contributed by atoms with van der Waals surface area (Å²) in [5.41, 5.74) is 0.635. The summed E-state index contributed by atoms with van der Waals surface area (Å²) in [6.07, 6.45) is 0. The van der Waals surface area contributed by atoms with Crippen LogP contribution in [0.1, 0.15) is 10.4 Å². The molecule has 2 aromatic carbocycles. The van der Waals surface area contributed by atoms with E-state index in [9.17, 15) is 23.2 Å². The molecule has 0 fully saturated rings. The summed E-state index contributed by atoms with van der Waals surface area (Å²) in [4.78, 5) is 35.3. The molecule has 0 aliphatic rings. The van der Waals surface area contributed by atoms with Gasteiger partial charge in [0.25, 0.3) is 11.8 Å². The van der Waals surface area contributed by atoms with Crippen LogP contribution in [-0.4, -0.2) is 44.7 Å². The van der Waals surface area contributed by atoms with Crippen LogP contribution in [-0.2, 0) is 14.3 Å². The summed E-state index contributed by atoms with van der Waals surface area (Å²) < 4.78 is 38.1. The summed E-state index contributed by atoms with van der Waals surface area (Å²) in [6.45, 7) is -3.94. The Morgan fingerprint density at radius 3 is 2.17 bits per heavy atom. The summed E-state index contributed by atoms with van der Waals surface area (Å²) in [6, 6.07) is 11.5. The van der Waals surface area contributed by atoms with Gasteiger partial charge in [-0.2, -0.15) is 8.78 Å². The van der Waals surface area contributed by atoms with Crippen LogP contribution >= 0.6 is 0 Å². The number of hydrogen-bond acceptors (Lipinski definition) is 6. The molecule has 0 aromatic heterocycles. The molecule has 0 unspecified atom stereocenters. The highest BCUT2D eigenvalue weighted by atomic mass is 19.3. The highest BCUT2D eigenvalue weighted by Crippen LogP contribution is 2.17. The predicted octanol–water partition coefficient (Wildman–Crippen LogP) is 2.21. The third kappa shape index (κ3) is 7.45. The first-order valence-electron chi connectivity index (χ1n) is 8.30. The Hall–Kier alpha value is -3.69. The maximum atomic E-state index is 12.1. The number of anilines is 1. The van der Waals surface area contributed by atoms with Crippen LogP contribution in [0.3, 0.4) is 0 Å². The van der Waals surface area contributed by atoms with Crippen molar-refractivity contribution < 1.29 is 37.4 Å². The first-order chi connectivity index (χ1) is 13.9. The molecule has 0 aliphatic carbocycles. The zero-order valence-corrected chi connectivity index (χ0v) is 15.3. The number of esters is 1. The molecule has 10 heteroatoms. The van der Waals surface area contributed by atoms with E-state index in [4.69, 9.17) is 9.47 Å². The molecule has 0 aliphatic heterocycles. The lowest BCUT2D eigenvalue weighted by atomic mass is 10.2. The van der Waals surface area contributed by atoms with Gasteiger partial charge in [0, 0.05) is 11.3 Å². The SMILES string of the molecule is COc1ccc(C(=O)NCC(=O)OCC(=O)Nc2ccc(OC(F)F)cc2)cc1. The van der Waals surface area contributed by atoms with Crippen LogP contribution in [0.25, 0.3) is 0 Å². The van der Waals surface area contributed by atoms with Crippen molar-refractivity contribution in [3.63, 3.8) is 0 Å². The Morgan fingerprint density at radius 2 is 1.59 bits per heavy atom. The predicted molar refractivity (Wildman–Crippen MR) is 98.0 cm³/mol. The molecular weight excluding hydrogens is 390 g/mol. The smallest absolute Gasteiger partial charge is 0.387 e. The van der Waals surface area contributed by atoms with E-state index in [1.165, 1.54) is 43.5 Å². The normalized spacial score (nSPS) is 10.2. The molecule has 0 saturated carbocycles. The number of carbonyl (C=O) groups is 3. The quantitative estimate of drug-likeness (QED) is 0.617. The molecule has 154 valence electrons. The number of alkyl halides is 2. The molecule has 2 N–H and O–H groups in total. The van der Waals surface area contributed by atoms with Crippen molar-refractivity contribution in [1.82, 2.24) is 5.32 Å². The number of amides is 2. The van der Waals surface area contributed by atoms with Crippen molar-refractivity contribution >= 4 is 23.5 Å². The van der Waals surface area contributed by atoms with Gasteiger partial charge in [-0.15, -0.1) is 0 Å². The van der Waals surface area contributed by atoms with Crippen molar-refractivity contribution in [3.05, 3.63) is 54.1 Å². The number of hydrogen-bond donors (Lipinski definition) is 2. The van der Waals surface area contributed by atoms with Crippen molar-refractivity contribution in [2.75, 3.05) is 25.6 Å². The Kier molecular flexibility index (Phi) is 7.89. The second kappa shape index (κ2) is 10.6. The van der Waals surface area contributed by atoms with E-state index in [2.05, 4.69) is 15.4 Å². The number of nitrogens with one attached hydrogen (secondary N) is 2. The fourth-order valence-corrected chi connectivity index (χ4v) is 2.11. The average molecular weight is 408 g/mol. The van der Waals surface area contributed by atoms with Gasteiger partial charge in [-0.25, -0.2) is 0 Å². The molecule has 0 bridgehead atoms. The zero-order chi connectivity index (χ0) is 21.2. The minimum atomic E-state index is -2.94. The largest absolute Gasteiger partial charge is 0.497 e. The molecule has 2 rings (SSSR count). The lowest BCUT2D eigenvalue weighted by molar-refractivity contribution is -0.146. The van der Waals surface area contributed by atoms with Crippen molar-refractivity contribution in [2.24, 2.45) is 0 Å². The second-order valence-electron chi connectivity index (χ2n) is 5.52. The fourth-order valence-electron chi connectivity index (χ4n) is 2.11.